The number of nitrogens with zero attached hydrogens (tertiary/aromatic N) is 1. The number of hydrogen-bond acceptors (Lipinski definition) is 5. The smallest absolute Gasteiger partial charge is 0.329 e. The fourth-order valence-electron chi connectivity index (χ4n) is 6.37. The number of unbranched alkanes of at least 4 members (excludes halogenated alkanes) is 25. The molecule has 7 nitrogen and oxygen atoms in total. The average molecular weight is 680 g/mol. The Balaban J connectivity index is 5.07. The number of amides is 2. The normalized spacial score (nSPS) is 11.8. The van der Waals surface area contributed by atoms with E-state index in [1.165, 1.54) is 109 Å². The summed E-state index contributed by atoms with van der Waals surface area (Å²) in [5.41, 5.74) is 0. The predicted molar refractivity (Wildman–Crippen MR) is 199 cm³/mol. The van der Waals surface area contributed by atoms with Gasteiger partial charge in [-0.15, -0.1) is 0 Å². The van der Waals surface area contributed by atoms with Gasteiger partial charge in [-0.25, -0.2) is 4.79 Å². The second-order valence-electron chi connectivity index (χ2n) is 14.1. The first kappa shape index (κ1) is 46.1. The summed E-state index contributed by atoms with van der Waals surface area (Å²) in [6.45, 7) is 6.88. The summed E-state index contributed by atoms with van der Waals surface area (Å²) in [7, 11) is 0. The predicted octanol–water partition coefficient (Wildman–Crippen LogP) is 11.9. The average Bonchev–Trinajstić information content (AvgIpc) is 3.07. The largest absolute Gasteiger partial charge is 0.481 e. The first-order valence-electron chi connectivity index (χ1n) is 20.6. The van der Waals surface area contributed by atoms with Crippen molar-refractivity contribution < 1.29 is 29.0 Å². The minimum absolute atomic E-state index is 0.112. The Kier molecular flexibility index (Phi) is 33.5. The summed E-state index contributed by atoms with van der Waals surface area (Å²) in [5.74, 6) is -2.44. The van der Waals surface area contributed by atoms with Crippen molar-refractivity contribution in [3.8, 4) is 0 Å². The topological polar surface area (TPSA) is 101 Å². The lowest BCUT2D eigenvalue weighted by molar-refractivity contribution is -0.162. The summed E-state index contributed by atoms with van der Waals surface area (Å²) >= 11 is 0. The molecule has 48 heavy (non-hydrogen) atoms. The number of esters is 1. The SMILES string of the molecule is CCCCCCCCCCCCOC(=O)[C@H](CCC(=O)O)N(C(=O)CCCCCCCCCCC)C(=O)CCCCCCCCCCC. The molecule has 0 unspecified atom stereocenters. The van der Waals surface area contributed by atoms with Crippen molar-refractivity contribution in [3.63, 3.8) is 0 Å². The molecule has 0 aliphatic heterocycles. The minimum Gasteiger partial charge on any atom is -0.481 e. The number of imide groups is 1. The molecule has 0 radical (unpaired) electrons. The molecule has 7 heteroatoms. The lowest BCUT2D eigenvalue weighted by Gasteiger charge is -2.29. The van der Waals surface area contributed by atoms with Gasteiger partial charge in [0.1, 0.15) is 6.04 Å². The van der Waals surface area contributed by atoms with Gasteiger partial charge < -0.3 is 9.84 Å². The molecule has 0 rings (SSSR count). The van der Waals surface area contributed by atoms with Gasteiger partial charge in [0.25, 0.3) is 0 Å². The lowest BCUT2D eigenvalue weighted by Crippen LogP contribution is -2.49. The van der Waals surface area contributed by atoms with Crippen LogP contribution in [0.4, 0.5) is 0 Å². The zero-order valence-corrected chi connectivity index (χ0v) is 31.8. The van der Waals surface area contributed by atoms with Gasteiger partial charge in [-0.2, -0.15) is 0 Å². The van der Waals surface area contributed by atoms with Crippen molar-refractivity contribution in [2.45, 2.75) is 232 Å². The molecule has 0 aromatic rings. The van der Waals surface area contributed by atoms with Crippen LogP contribution in [0.2, 0.25) is 0 Å². The zero-order chi connectivity index (χ0) is 35.5. The molecule has 0 aliphatic rings. The van der Waals surface area contributed by atoms with E-state index in [9.17, 15) is 24.3 Å². The summed E-state index contributed by atoms with van der Waals surface area (Å²) in [4.78, 5) is 53.1. The molecule has 282 valence electrons. The number of aliphatic carboxylic acids is 1. The lowest BCUT2D eigenvalue weighted by atomic mass is 10.0. The van der Waals surface area contributed by atoms with Crippen molar-refractivity contribution in [1.29, 1.82) is 0 Å². The van der Waals surface area contributed by atoms with Crippen molar-refractivity contribution in [1.82, 2.24) is 4.90 Å². The zero-order valence-electron chi connectivity index (χ0n) is 31.8. The molecular formula is C41H77NO6. The highest BCUT2D eigenvalue weighted by Crippen LogP contribution is 2.19. The van der Waals surface area contributed by atoms with E-state index in [1.54, 1.807) is 0 Å². The van der Waals surface area contributed by atoms with Crippen LogP contribution in [-0.2, 0) is 23.9 Å². The fraction of sp³-hybridized carbons (Fsp3) is 0.902. The van der Waals surface area contributed by atoms with Crippen LogP contribution >= 0.6 is 0 Å². The maximum atomic E-state index is 13.6. The third-order valence-corrected chi connectivity index (χ3v) is 9.48. The summed E-state index contributed by atoms with van der Waals surface area (Å²) < 4.78 is 5.61. The fourth-order valence-corrected chi connectivity index (χ4v) is 6.37. The van der Waals surface area contributed by atoms with Gasteiger partial charge in [0.15, 0.2) is 0 Å². The van der Waals surface area contributed by atoms with Crippen molar-refractivity contribution in [3.05, 3.63) is 0 Å². The van der Waals surface area contributed by atoms with Crippen LogP contribution in [0, 0.1) is 0 Å². The standard InChI is InChI=1S/C41H77NO6/c1-4-7-10-13-16-19-22-25-28-31-36-48-41(47)37(34-35-40(45)46)42(38(43)32-29-26-23-20-17-14-11-8-5-2)39(44)33-30-27-24-21-18-15-12-9-6-3/h37H,4-36H2,1-3H3,(H,45,46)/t37-/m0/s1. The quantitative estimate of drug-likeness (QED) is 0.0522. The van der Waals surface area contributed by atoms with Gasteiger partial charge in [0.05, 0.1) is 6.61 Å². The third kappa shape index (κ3) is 28.0. The molecule has 0 heterocycles. The molecule has 0 spiro atoms. The molecule has 0 bridgehead atoms. The molecule has 0 saturated carbocycles. The van der Waals surface area contributed by atoms with Crippen LogP contribution in [-0.4, -0.2) is 46.4 Å². The van der Waals surface area contributed by atoms with E-state index >= 15 is 0 Å². The van der Waals surface area contributed by atoms with E-state index in [-0.39, 0.29) is 44.1 Å². The van der Waals surface area contributed by atoms with E-state index in [0.29, 0.717) is 12.8 Å². The monoisotopic (exact) mass is 680 g/mol. The van der Waals surface area contributed by atoms with E-state index in [4.69, 9.17) is 4.74 Å². The van der Waals surface area contributed by atoms with Crippen LogP contribution < -0.4 is 0 Å². The number of rotatable bonds is 36. The molecular weight excluding hydrogens is 602 g/mol. The van der Waals surface area contributed by atoms with E-state index in [2.05, 4.69) is 20.8 Å². The summed E-state index contributed by atoms with van der Waals surface area (Å²) in [6.07, 6.45) is 31.6. The first-order valence-corrected chi connectivity index (χ1v) is 20.6. The van der Waals surface area contributed by atoms with Crippen LogP contribution in [0.5, 0.6) is 0 Å². The molecule has 0 saturated heterocycles. The Hall–Kier alpha value is -1.92. The van der Waals surface area contributed by atoms with Crippen molar-refractivity contribution in [2.24, 2.45) is 0 Å². The Morgan fingerprint density at radius 2 is 0.771 bits per heavy atom. The highest BCUT2D eigenvalue weighted by atomic mass is 16.5. The van der Waals surface area contributed by atoms with E-state index in [1.807, 2.05) is 0 Å². The van der Waals surface area contributed by atoms with Gasteiger partial charge in [0.2, 0.25) is 11.8 Å². The van der Waals surface area contributed by atoms with Gasteiger partial charge in [-0.1, -0.05) is 181 Å². The Morgan fingerprint density at radius 1 is 0.458 bits per heavy atom. The van der Waals surface area contributed by atoms with Gasteiger partial charge in [-0.3, -0.25) is 19.3 Å². The Labute approximate surface area is 296 Å². The van der Waals surface area contributed by atoms with Crippen LogP contribution in [0.1, 0.15) is 226 Å². The number of ether oxygens (including phenoxy) is 1. The second-order valence-corrected chi connectivity index (χ2v) is 14.1. The number of carboxylic acids is 1. The number of hydrogen-bond donors (Lipinski definition) is 1. The van der Waals surface area contributed by atoms with Crippen LogP contribution in [0.25, 0.3) is 0 Å². The van der Waals surface area contributed by atoms with Crippen molar-refractivity contribution in [2.75, 3.05) is 6.61 Å². The number of carboxylic acid groups (broad SMARTS) is 1. The summed E-state index contributed by atoms with van der Waals surface area (Å²) in [6, 6.07) is -1.18. The number of carbonyl (C=O) groups excluding carboxylic acids is 3. The Bertz CT molecular complexity index is 751. The highest BCUT2D eigenvalue weighted by Gasteiger charge is 2.35. The highest BCUT2D eigenvalue weighted by molar-refractivity contribution is 5.99. The molecule has 0 aliphatic carbocycles. The van der Waals surface area contributed by atoms with Gasteiger partial charge in [0, 0.05) is 19.3 Å². The second kappa shape index (κ2) is 34.9. The van der Waals surface area contributed by atoms with E-state index < -0.39 is 18.0 Å². The van der Waals surface area contributed by atoms with Crippen LogP contribution in [0.3, 0.4) is 0 Å². The molecule has 2 amide bonds. The Morgan fingerprint density at radius 3 is 1.10 bits per heavy atom. The molecule has 1 N–H and O–H groups in total. The van der Waals surface area contributed by atoms with E-state index in [0.717, 1.165) is 62.7 Å². The minimum atomic E-state index is -1.18. The molecule has 0 aromatic heterocycles. The van der Waals surface area contributed by atoms with Gasteiger partial charge >= 0.3 is 11.9 Å². The third-order valence-electron chi connectivity index (χ3n) is 9.48. The summed E-state index contributed by atoms with van der Waals surface area (Å²) in [5, 5.41) is 9.42. The maximum Gasteiger partial charge on any atom is 0.329 e. The number of carbonyl (C=O) groups is 4. The molecule has 0 fully saturated rings. The van der Waals surface area contributed by atoms with Crippen LogP contribution in [0.15, 0.2) is 0 Å². The van der Waals surface area contributed by atoms with Crippen molar-refractivity contribution >= 4 is 23.8 Å². The molecule has 1 atom stereocenters. The maximum absolute atomic E-state index is 13.6. The first-order chi connectivity index (χ1) is 23.4. The van der Waals surface area contributed by atoms with Gasteiger partial charge in [-0.05, 0) is 25.7 Å². The molecule has 0 aromatic carbocycles.